The average Bonchev–Trinajstić information content (AvgIpc) is 2.08. The van der Waals surface area contributed by atoms with E-state index in [1.165, 1.54) is 6.07 Å². The lowest BCUT2D eigenvalue weighted by molar-refractivity contribution is -0.274. The van der Waals surface area contributed by atoms with E-state index in [2.05, 4.69) is 4.74 Å². The Morgan fingerprint density at radius 1 is 1.27 bits per heavy atom. The quantitative estimate of drug-likeness (QED) is 0.748. The Hall–Kier alpha value is -1.19. The monoisotopic (exact) mass is 218 g/mol. The van der Waals surface area contributed by atoms with Crippen LogP contribution in [0.4, 0.5) is 13.2 Å². The van der Waals surface area contributed by atoms with Gasteiger partial charge in [-0.1, -0.05) is 31.0 Å². The summed E-state index contributed by atoms with van der Waals surface area (Å²) >= 11 is 0. The Labute approximate surface area is 86.9 Å². The third kappa shape index (κ3) is 3.81. The molecular formula is C11H13F3O. The van der Waals surface area contributed by atoms with Crippen molar-refractivity contribution in [2.75, 3.05) is 0 Å². The molecule has 1 rings (SSSR count). The highest BCUT2D eigenvalue weighted by Gasteiger charge is 2.31. The molecule has 0 saturated carbocycles. The van der Waals surface area contributed by atoms with Gasteiger partial charge in [-0.05, 0) is 25.0 Å². The number of halogens is 3. The maximum Gasteiger partial charge on any atom is 0.573 e. The zero-order valence-electron chi connectivity index (χ0n) is 8.69. The zero-order chi connectivity index (χ0) is 11.5. The second-order valence-corrected chi connectivity index (χ2v) is 3.41. The molecule has 1 aromatic rings. The molecule has 0 bridgehead atoms. The lowest BCUT2D eigenvalue weighted by atomic mass is 10.1. The Morgan fingerprint density at radius 3 is 2.47 bits per heavy atom. The van der Waals surface area contributed by atoms with E-state index in [1.54, 1.807) is 12.1 Å². The molecule has 0 unspecified atom stereocenters. The predicted molar refractivity (Wildman–Crippen MR) is 51.9 cm³/mol. The van der Waals surface area contributed by atoms with Crippen molar-refractivity contribution >= 4 is 0 Å². The largest absolute Gasteiger partial charge is 0.573 e. The van der Waals surface area contributed by atoms with Crippen molar-refractivity contribution in [2.24, 2.45) is 0 Å². The maximum absolute atomic E-state index is 12.0. The third-order valence-electron chi connectivity index (χ3n) is 1.96. The first kappa shape index (κ1) is 11.9. The standard InChI is InChI=1S/C11H13F3O/c1-3-4-9-7-8(2)5-6-10(9)15-11(12,13)14/h5-7H,3-4H2,1-2H3. The van der Waals surface area contributed by atoms with E-state index >= 15 is 0 Å². The van der Waals surface area contributed by atoms with E-state index in [9.17, 15) is 13.2 Å². The van der Waals surface area contributed by atoms with Crippen LogP contribution in [0, 0.1) is 6.92 Å². The Morgan fingerprint density at radius 2 is 1.93 bits per heavy atom. The van der Waals surface area contributed by atoms with Gasteiger partial charge in [0.2, 0.25) is 0 Å². The van der Waals surface area contributed by atoms with Crippen molar-refractivity contribution in [1.82, 2.24) is 0 Å². The second kappa shape index (κ2) is 4.55. The number of rotatable bonds is 3. The van der Waals surface area contributed by atoms with E-state index in [0.717, 1.165) is 12.0 Å². The lowest BCUT2D eigenvalue weighted by Gasteiger charge is -2.13. The van der Waals surface area contributed by atoms with Gasteiger partial charge in [0.05, 0.1) is 0 Å². The summed E-state index contributed by atoms with van der Waals surface area (Å²) in [5.74, 6) is -0.0880. The van der Waals surface area contributed by atoms with Gasteiger partial charge in [0, 0.05) is 0 Å². The van der Waals surface area contributed by atoms with Crippen LogP contribution < -0.4 is 4.74 Å². The van der Waals surface area contributed by atoms with Crippen LogP contribution in [0.1, 0.15) is 24.5 Å². The molecular weight excluding hydrogens is 205 g/mol. The molecule has 15 heavy (non-hydrogen) atoms. The van der Waals surface area contributed by atoms with E-state index in [1.807, 2.05) is 13.8 Å². The third-order valence-corrected chi connectivity index (χ3v) is 1.96. The van der Waals surface area contributed by atoms with Gasteiger partial charge in [-0.2, -0.15) is 0 Å². The summed E-state index contributed by atoms with van der Waals surface area (Å²) in [6.45, 7) is 3.76. The maximum atomic E-state index is 12.0. The molecule has 0 atom stereocenters. The number of hydrogen-bond donors (Lipinski definition) is 0. The van der Waals surface area contributed by atoms with Gasteiger partial charge in [-0.3, -0.25) is 0 Å². The zero-order valence-corrected chi connectivity index (χ0v) is 8.69. The first-order valence-corrected chi connectivity index (χ1v) is 4.77. The summed E-state index contributed by atoms with van der Waals surface area (Å²) < 4.78 is 40.1. The van der Waals surface area contributed by atoms with E-state index in [4.69, 9.17) is 0 Å². The van der Waals surface area contributed by atoms with Gasteiger partial charge in [0.15, 0.2) is 0 Å². The number of alkyl halides is 3. The summed E-state index contributed by atoms with van der Waals surface area (Å²) in [6.07, 6.45) is -3.23. The fraction of sp³-hybridized carbons (Fsp3) is 0.455. The fourth-order valence-corrected chi connectivity index (χ4v) is 1.40. The van der Waals surface area contributed by atoms with Crippen molar-refractivity contribution in [1.29, 1.82) is 0 Å². The summed E-state index contributed by atoms with van der Waals surface area (Å²) in [6, 6.07) is 4.71. The minimum absolute atomic E-state index is 0.0880. The average molecular weight is 218 g/mol. The molecule has 1 nitrogen and oxygen atoms in total. The van der Waals surface area contributed by atoms with E-state index in [0.29, 0.717) is 12.0 Å². The molecule has 0 fully saturated rings. The number of benzene rings is 1. The van der Waals surface area contributed by atoms with Crippen molar-refractivity contribution in [2.45, 2.75) is 33.1 Å². The van der Waals surface area contributed by atoms with Gasteiger partial charge < -0.3 is 4.74 Å². The van der Waals surface area contributed by atoms with Gasteiger partial charge in [-0.25, -0.2) is 0 Å². The SMILES string of the molecule is CCCc1cc(C)ccc1OC(F)(F)F. The summed E-state index contributed by atoms with van der Waals surface area (Å²) in [5, 5.41) is 0. The van der Waals surface area contributed by atoms with Gasteiger partial charge in [0.1, 0.15) is 5.75 Å². The van der Waals surface area contributed by atoms with Crippen molar-refractivity contribution in [3.05, 3.63) is 29.3 Å². The molecule has 84 valence electrons. The molecule has 0 amide bonds. The Kier molecular flexibility index (Phi) is 3.61. The van der Waals surface area contributed by atoms with Gasteiger partial charge in [-0.15, -0.1) is 13.2 Å². The summed E-state index contributed by atoms with van der Waals surface area (Å²) in [7, 11) is 0. The van der Waals surface area contributed by atoms with Crippen LogP contribution in [0.25, 0.3) is 0 Å². The second-order valence-electron chi connectivity index (χ2n) is 3.41. The van der Waals surface area contributed by atoms with E-state index < -0.39 is 6.36 Å². The van der Waals surface area contributed by atoms with Crippen molar-refractivity contribution in [3.8, 4) is 5.75 Å². The van der Waals surface area contributed by atoms with Crippen LogP contribution in [0.5, 0.6) is 5.75 Å². The summed E-state index contributed by atoms with van der Waals surface area (Å²) in [4.78, 5) is 0. The normalized spacial score (nSPS) is 11.5. The first-order valence-electron chi connectivity index (χ1n) is 4.77. The highest BCUT2D eigenvalue weighted by Crippen LogP contribution is 2.27. The van der Waals surface area contributed by atoms with Crippen LogP contribution in [0.2, 0.25) is 0 Å². The molecule has 0 N–H and O–H groups in total. The van der Waals surface area contributed by atoms with Crippen LogP contribution in [0.3, 0.4) is 0 Å². The molecule has 0 aliphatic rings. The van der Waals surface area contributed by atoms with Gasteiger partial charge >= 0.3 is 6.36 Å². The van der Waals surface area contributed by atoms with E-state index in [-0.39, 0.29) is 5.75 Å². The van der Waals surface area contributed by atoms with Crippen LogP contribution >= 0.6 is 0 Å². The van der Waals surface area contributed by atoms with Crippen molar-refractivity contribution in [3.63, 3.8) is 0 Å². The molecule has 0 saturated heterocycles. The van der Waals surface area contributed by atoms with Crippen molar-refractivity contribution < 1.29 is 17.9 Å². The Bertz CT molecular complexity index is 331. The minimum atomic E-state index is -4.61. The Balaban J connectivity index is 2.95. The molecule has 0 aliphatic carbocycles. The number of aryl methyl sites for hydroxylation is 2. The molecule has 0 aliphatic heterocycles. The molecule has 0 heterocycles. The molecule has 4 heteroatoms. The highest BCUT2D eigenvalue weighted by molar-refractivity contribution is 5.37. The number of hydrogen-bond acceptors (Lipinski definition) is 1. The minimum Gasteiger partial charge on any atom is -0.406 e. The van der Waals surface area contributed by atoms with Crippen LogP contribution in [-0.2, 0) is 6.42 Å². The number of ether oxygens (including phenoxy) is 1. The van der Waals surface area contributed by atoms with Gasteiger partial charge in [0.25, 0.3) is 0 Å². The lowest BCUT2D eigenvalue weighted by Crippen LogP contribution is -2.18. The smallest absolute Gasteiger partial charge is 0.406 e. The molecule has 0 aromatic heterocycles. The topological polar surface area (TPSA) is 9.23 Å². The molecule has 1 aromatic carbocycles. The molecule has 0 radical (unpaired) electrons. The first-order chi connectivity index (χ1) is 6.92. The van der Waals surface area contributed by atoms with Crippen LogP contribution in [0.15, 0.2) is 18.2 Å². The molecule has 0 spiro atoms. The summed E-state index contributed by atoms with van der Waals surface area (Å²) in [5.41, 5.74) is 1.54. The predicted octanol–water partition coefficient (Wildman–Crippen LogP) is 3.85. The highest BCUT2D eigenvalue weighted by atomic mass is 19.4. The van der Waals surface area contributed by atoms with Crippen LogP contribution in [-0.4, -0.2) is 6.36 Å². The fourth-order valence-electron chi connectivity index (χ4n) is 1.40.